The monoisotopic (exact) mass is 263 g/mol. The molecule has 2 N–H and O–H groups in total. The molecule has 1 heterocycles. The second-order valence-corrected chi connectivity index (χ2v) is 5.45. The van der Waals surface area contributed by atoms with E-state index in [-0.39, 0.29) is 11.4 Å². The number of hydrogen-bond acceptors (Lipinski definition) is 4. The highest BCUT2D eigenvalue weighted by atomic mass is 16.6. The van der Waals surface area contributed by atoms with Gasteiger partial charge in [-0.25, -0.2) is 0 Å². The van der Waals surface area contributed by atoms with Crippen molar-refractivity contribution < 1.29 is 4.92 Å². The molecule has 2 unspecified atom stereocenters. The van der Waals surface area contributed by atoms with Crippen LogP contribution in [0.2, 0.25) is 0 Å². The largest absolute Gasteiger partial charge is 0.393 e. The van der Waals surface area contributed by atoms with E-state index >= 15 is 0 Å². The van der Waals surface area contributed by atoms with Gasteiger partial charge in [0.2, 0.25) is 0 Å². The Morgan fingerprint density at radius 1 is 1.37 bits per heavy atom. The second kappa shape index (κ2) is 5.57. The molecule has 2 rings (SSSR count). The molecule has 0 amide bonds. The summed E-state index contributed by atoms with van der Waals surface area (Å²) in [7, 11) is 0. The summed E-state index contributed by atoms with van der Waals surface area (Å²) in [6, 6.07) is 6.17. The van der Waals surface area contributed by atoms with Crippen molar-refractivity contribution in [2.45, 2.75) is 51.7 Å². The molecular weight excluding hydrogens is 242 g/mol. The minimum atomic E-state index is -0.415. The zero-order valence-electron chi connectivity index (χ0n) is 11.5. The van der Waals surface area contributed by atoms with Crippen molar-refractivity contribution in [1.29, 1.82) is 0 Å². The van der Waals surface area contributed by atoms with Gasteiger partial charge in [0.25, 0.3) is 5.69 Å². The molecule has 1 aromatic rings. The Hall–Kier alpha value is -1.62. The average Bonchev–Trinajstić information content (AvgIpc) is 2.35. The molecule has 0 aliphatic carbocycles. The number of piperidine rings is 1. The van der Waals surface area contributed by atoms with E-state index in [1.54, 1.807) is 12.1 Å². The van der Waals surface area contributed by atoms with E-state index in [1.165, 1.54) is 19.3 Å². The summed E-state index contributed by atoms with van der Waals surface area (Å²) in [5, 5.41) is 10.9. The van der Waals surface area contributed by atoms with Crippen molar-refractivity contribution in [1.82, 2.24) is 4.90 Å². The zero-order chi connectivity index (χ0) is 14.0. The van der Waals surface area contributed by atoms with E-state index in [2.05, 4.69) is 18.7 Å². The minimum Gasteiger partial charge on any atom is -0.393 e. The highest BCUT2D eigenvalue weighted by Crippen LogP contribution is 2.27. The van der Waals surface area contributed by atoms with Crippen molar-refractivity contribution >= 4 is 11.4 Å². The highest BCUT2D eigenvalue weighted by Gasteiger charge is 2.25. The number of nitro benzene ring substituents is 1. The SMILES string of the molecule is CC1CCCC(C)N1Cc1ccc(N)c([N+](=O)[O-])c1. The van der Waals surface area contributed by atoms with Crippen LogP contribution in [0.1, 0.15) is 38.7 Å². The number of anilines is 1. The Morgan fingerprint density at radius 3 is 2.58 bits per heavy atom. The molecule has 0 spiro atoms. The van der Waals surface area contributed by atoms with Crippen molar-refractivity contribution in [2.75, 3.05) is 5.73 Å². The van der Waals surface area contributed by atoms with Crippen LogP contribution in [0.5, 0.6) is 0 Å². The maximum Gasteiger partial charge on any atom is 0.292 e. The van der Waals surface area contributed by atoms with Gasteiger partial charge in [0.15, 0.2) is 0 Å². The first-order chi connectivity index (χ1) is 8.99. The fourth-order valence-electron chi connectivity index (χ4n) is 2.84. The molecule has 2 atom stereocenters. The molecule has 0 radical (unpaired) electrons. The first kappa shape index (κ1) is 13.8. The average molecular weight is 263 g/mol. The number of hydrogen-bond donors (Lipinski definition) is 1. The molecule has 1 aliphatic rings. The lowest BCUT2D eigenvalue weighted by atomic mass is 9.96. The Kier molecular flexibility index (Phi) is 4.04. The predicted molar refractivity (Wildman–Crippen MR) is 75.8 cm³/mol. The first-order valence-corrected chi connectivity index (χ1v) is 6.77. The van der Waals surface area contributed by atoms with Crippen molar-refractivity contribution in [3.8, 4) is 0 Å². The van der Waals surface area contributed by atoms with Crippen molar-refractivity contribution in [3.63, 3.8) is 0 Å². The zero-order valence-corrected chi connectivity index (χ0v) is 11.5. The van der Waals surface area contributed by atoms with Gasteiger partial charge >= 0.3 is 0 Å². The topological polar surface area (TPSA) is 72.4 Å². The van der Waals surface area contributed by atoms with Crippen LogP contribution in [0.4, 0.5) is 11.4 Å². The molecular formula is C14H21N3O2. The molecule has 1 aliphatic heterocycles. The summed E-state index contributed by atoms with van der Waals surface area (Å²) in [4.78, 5) is 12.9. The normalized spacial score (nSPS) is 24.3. The maximum absolute atomic E-state index is 10.9. The van der Waals surface area contributed by atoms with E-state index in [4.69, 9.17) is 5.73 Å². The van der Waals surface area contributed by atoms with Gasteiger partial charge in [-0.2, -0.15) is 0 Å². The Morgan fingerprint density at radius 2 is 2.00 bits per heavy atom. The molecule has 5 heteroatoms. The van der Waals surface area contributed by atoms with Crippen molar-refractivity contribution in [3.05, 3.63) is 33.9 Å². The van der Waals surface area contributed by atoms with Gasteiger partial charge in [-0.15, -0.1) is 0 Å². The fourth-order valence-corrected chi connectivity index (χ4v) is 2.84. The first-order valence-electron chi connectivity index (χ1n) is 6.77. The van der Waals surface area contributed by atoms with Gasteiger partial charge in [0.1, 0.15) is 5.69 Å². The summed E-state index contributed by atoms with van der Waals surface area (Å²) in [6.45, 7) is 5.20. The van der Waals surface area contributed by atoms with E-state index in [0.29, 0.717) is 12.1 Å². The maximum atomic E-state index is 10.9. The molecule has 19 heavy (non-hydrogen) atoms. The number of nitrogens with zero attached hydrogens (tertiary/aromatic N) is 2. The third-order valence-electron chi connectivity index (χ3n) is 4.03. The van der Waals surface area contributed by atoms with Gasteiger partial charge in [-0.3, -0.25) is 15.0 Å². The summed E-state index contributed by atoms with van der Waals surface area (Å²) < 4.78 is 0. The Bertz CT molecular complexity index is 466. The summed E-state index contributed by atoms with van der Waals surface area (Å²) >= 11 is 0. The second-order valence-electron chi connectivity index (χ2n) is 5.45. The minimum absolute atomic E-state index is 0.00909. The number of nitrogen functional groups attached to an aromatic ring is 1. The van der Waals surface area contributed by atoms with E-state index in [1.807, 2.05) is 6.07 Å². The number of likely N-dealkylation sites (tertiary alicyclic amines) is 1. The van der Waals surface area contributed by atoms with Gasteiger partial charge in [-0.1, -0.05) is 12.5 Å². The smallest absolute Gasteiger partial charge is 0.292 e. The van der Waals surface area contributed by atoms with Crippen LogP contribution in [0.3, 0.4) is 0 Å². The third-order valence-corrected chi connectivity index (χ3v) is 4.03. The van der Waals surface area contributed by atoms with Crippen LogP contribution in [0, 0.1) is 10.1 Å². The molecule has 0 aromatic heterocycles. The Balaban J connectivity index is 2.18. The van der Waals surface area contributed by atoms with Crippen LogP contribution < -0.4 is 5.73 Å². The molecule has 1 fully saturated rings. The number of benzene rings is 1. The van der Waals surface area contributed by atoms with Crippen LogP contribution in [0.25, 0.3) is 0 Å². The summed E-state index contributed by atoms with van der Waals surface area (Å²) in [6.07, 6.45) is 3.66. The highest BCUT2D eigenvalue weighted by molar-refractivity contribution is 5.59. The fraction of sp³-hybridized carbons (Fsp3) is 0.571. The molecule has 1 aromatic carbocycles. The number of rotatable bonds is 3. The lowest BCUT2D eigenvalue weighted by Crippen LogP contribution is -2.42. The van der Waals surface area contributed by atoms with E-state index in [9.17, 15) is 10.1 Å². The van der Waals surface area contributed by atoms with Gasteiger partial charge in [-0.05, 0) is 38.3 Å². The summed E-state index contributed by atoms with van der Waals surface area (Å²) in [5.41, 5.74) is 6.82. The number of nitro groups is 1. The lowest BCUT2D eigenvalue weighted by molar-refractivity contribution is -0.384. The van der Waals surface area contributed by atoms with Crippen LogP contribution in [0.15, 0.2) is 18.2 Å². The van der Waals surface area contributed by atoms with Gasteiger partial charge in [0.05, 0.1) is 4.92 Å². The van der Waals surface area contributed by atoms with Crippen LogP contribution >= 0.6 is 0 Å². The molecule has 0 bridgehead atoms. The molecule has 104 valence electrons. The van der Waals surface area contributed by atoms with E-state index in [0.717, 1.165) is 12.1 Å². The van der Waals surface area contributed by atoms with Crippen LogP contribution in [-0.2, 0) is 6.54 Å². The Labute approximate surface area is 113 Å². The lowest BCUT2D eigenvalue weighted by Gasteiger charge is -2.39. The quantitative estimate of drug-likeness (QED) is 0.517. The summed E-state index contributed by atoms with van der Waals surface area (Å²) in [5.74, 6) is 0. The van der Waals surface area contributed by atoms with Crippen molar-refractivity contribution in [2.24, 2.45) is 0 Å². The number of nitrogens with two attached hydrogens (primary N) is 1. The van der Waals surface area contributed by atoms with Crippen LogP contribution in [-0.4, -0.2) is 21.9 Å². The molecule has 0 saturated carbocycles. The molecule has 5 nitrogen and oxygen atoms in total. The van der Waals surface area contributed by atoms with Gasteiger partial charge < -0.3 is 5.73 Å². The third kappa shape index (κ3) is 3.04. The van der Waals surface area contributed by atoms with Gasteiger partial charge in [0, 0.05) is 24.7 Å². The van der Waals surface area contributed by atoms with E-state index < -0.39 is 4.92 Å². The molecule has 1 saturated heterocycles. The standard InChI is InChI=1S/C14H21N3O2/c1-10-4-3-5-11(2)16(10)9-12-6-7-13(15)14(8-12)17(18)19/h6-8,10-11H,3-5,9,15H2,1-2H3. The predicted octanol–water partition coefficient (Wildman–Crippen LogP) is 2.94.